The number of aromatic nitrogens is 1. The lowest BCUT2D eigenvalue weighted by molar-refractivity contribution is -0.127. The van der Waals surface area contributed by atoms with E-state index in [1.54, 1.807) is 0 Å². The Bertz CT molecular complexity index is 783. The summed E-state index contributed by atoms with van der Waals surface area (Å²) in [5.41, 5.74) is -0.128. The molecule has 3 amide bonds. The topological polar surface area (TPSA) is 147 Å². The van der Waals surface area contributed by atoms with Crippen molar-refractivity contribution in [2.75, 3.05) is 33.4 Å². The van der Waals surface area contributed by atoms with Crippen molar-refractivity contribution in [3.8, 4) is 0 Å². The molecule has 12 heteroatoms. The van der Waals surface area contributed by atoms with Crippen LogP contribution in [0.25, 0.3) is 0 Å². The number of carbonyl (C=O) groups is 3. The first kappa shape index (κ1) is 19.9. The number of nitrogens with one attached hydrogen (secondary N) is 3. The van der Waals surface area contributed by atoms with Crippen LogP contribution in [-0.2, 0) is 24.3 Å². The van der Waals surface area contributed by atoms with Crippen molar-refractivity contribution in [1.82, 2.24) is 19.9 Å². The maximum absolute atomic E-state index is 12.5. The summed E-state index contributed by atoms with van der Waals surface area (Å²) < 4.78 is 36.3. The van der Waals surface area contributed by atoms with Crippen molar-refractivity contribution in [3.05, 3.63) is 18.0 Å². The van der Waals surface area contributed by atoms with Crippen molar-refractivity contribution in [3.63, 3.8) is 0 Å². The molecule has 0 radical (unpaired) electrons. The van der Waals surface area contributed by atoms with Crippen LogP contribution in [0.1, 0.15) is 17.4 Å². The molecular formula is C14H20N4O7S. The number of H-pyrrole nitrogens is 1. The Labute approximate surface area is 150 Å². The van der Waals surface area contributed by atoms with Crippen LogP contribution in [0.4, 0.5) is 4.79 Å². The average molecular weight is 388 g/mol. The van der Waals surface area contributed by atoms with Crippen molar-refractivity contribution >= 4 is 27.9 Å². The Morgan fingerprint density at radius 3 is 2.58 bits per heavy atom. The van der Waals surface area contributed by atoms with Crippen LogP contribution in [0, 0.1) is 0 Å². The third-order valence-electron chi connectivity index (χ3n) is 3.60. The van der Waals surface area contributed by atoms with Gasteiger partial charge in [-0.1, -0.05) is 0 Å². The van der Waals surface area contributed by atoms with Gasteiger partial charge in [0.1, 0.15) is 10.6 Å². The van der Waals surface area contributed by atoms with Gasteiger partial charge >= 0.3 is 12.0 Å². The van der Waals surface area contributed by atoms with Gasteiger partial charge < -0.3 is 19.8 Å². The molecule has 0 saturated carbocycles. The number of sulfonamides is 1. The Kier molecular flexibility index (Phi) is 6.34. The second kappa shape index (κ2) is 8.29. The van der Waals surface area contributed by atoms with E-state index < -0.39 is 34.0 Å². The predicted molar refractivity (Wildman–Crippen MR) is 87.8 cm³/mol. The van der Waals surface area contributed by atoms with Gasteiger partial charge in [-0.25, -0.2) is 18.0 Å². The van der Waals surface area contributed by atoms with Crippen LogP contribution in [0.5, 0.6) is 0 Å². The maximum Gasteiger partial charge on any atom is 0.355 e. The Morgan fingerprint density at radius 2 is 1.96 bits per heavy atom. The number of esters is 1. The summed E-state index contributed by atoms with van der Waals surface area (Å²) >= 11 is 0. The zero-order valence-electron chi connectivity index (χ0n) is 14.3. The highest BCUT2D eigenvalue weighted by Gasteiger charge is 2.29. The largest absolute Gasteiger partial charge is 0.448 e. The highest BCUT2D eigenvalue weighted by Crippen LogP contribution is 2.18. The molecule has 11 nitrogen and oxygen atoms in total. The molecule has 0 bridgehead atoms. The minimum absolute atomic E-state index is 0.0891. The van der Waals surface area contributed by atoms with Gasteiger partial charge in [-0.2, -0.15) is 4.31 Å². The number of nitrogens with zero attached hydrogens (tertiary/aromatic N) is 1. The number of urea groups is 1. The number of amides is 3. The fraction of sp³-hybridized carbons (Fsp3) is 0.500. The molecule has 1 aromatic rings. The molecule has 144 valence electrons. The zero-order chi connectivity index (χ0) is 19.3. The molecule has 2 rings (SSSR count). The second-order valence-corrected chi connectivity index (χ2v) is 7.32. The van der Waals surface area contributed by atoms with E-state index in [2.05, 4.69) is 10.3 Å². The molecule has 1 aliphatic heterocycles. The molecule has 3 N–H and O–H groups in total. The standard InChI is InChI=1S/C14H20N4O7S/c1-9(12(19)17-14(21)15-2)25-13(20)11-7-10(8-16-11)26(22,23)18-3-5-24-6-4-18/h7-9,16H,3-6H2,1-2H3,(H2,15,17,19,21). The Hall–Kier alpha value is -2.44. The molecule has 1 saturated heterocycles. The zero-order valence-corrected chi connectivity index (χ0v) is 15.1. The monoisotopic (exact) mass is 388 g/mol. The lowest BCUT2D eigenvalue weighted by atomic mass is 10.3. The molecule has 1 unspecified atom stereocenters. The number of hydrogen-bond donors (Lipinski definition) is 3. The molecule has 1 aromatic heterocycles. The van der Waals surface area contributed by atoms with Gasteiger partial charge in [-0.3, -0.25) is 10.1 Å². The molecule has 0 aliphatic carbocycles. The van der Waals surface area contributed by atoms with E-state index in [1.165, 1.54) is 24.5 Å². The van der Waals surface area contributed by atoms with E-state index in [1.807, 2.05) is 5.32 Å². The number of hydrogen-bond acceptors (Lipinski definition) is 7. The normalized spacial score (nSPS) is 16.5. The molecule has 1 fully saturated rings. The van der Waals surface area contributed by atoms with E-state index >= 15 is 0 Å². The number of morpholine rings is 1. The molecule has 26 heavy (non-hydrogen) atoms. The minimum Gasteiger partial charge on any atom is -0.448 e. The van der Waals surface area contributed by atoms with Crippen LogP contribution in [0.15, 0.2) is 17.2 Å². The van der Waals surface area contributed by atoms with Gasteiger partial charge in [-0.15, -0.1) is 0 Å². The van der Waals surface area contributed by atoms with Gasteiger partial charge in [0.15, 0.2) is 6.10 Å². The van der Waals surface area contributed by atoms with E-state index in [9.17, 15) is 22.8 Å². The summed E-state index contributed by atoms with van der Waals surface area (Å²) in [6.07, 6.45) is -0.0705. The lowest BCUT2D eigenvalue weighted by Crippen LogP contribution is -2.43. The Balaban J connectivity index is 2.03. The van der Waals surface area contributed by atoms with Crippen LogP contribution in [-0.4, -0.2) is 75.1 Å². The fourth-order valence-corrected chi connectivity index (χ4v) is 3.53. The van der Waals surface area contributed by atoms with Crippen LogP contribution < -0.4 is 10.6 Å². The second-order valence-electron chi connectivity index (χ2n) is 5.38. The summed E-state index contributed by atoms with van der Waals surface area (Å²) in [5, 5.41) is 4.16. The van der Waals surface area contributed by atoms with Gasteiger partial charge in [0.2, 0.25) is 10.0 Å². The molecule has 0 aromatic carbocycles. The van der Waals surface area contributed by atoms with E-state index in [-0.39, 0.29) is 23.7 Å². The number of ether oxygens (including phenoxy) is 2. The maximum atomic E-state index is 12.5. The average Bonchev–Trinajstić information content (AvgIpc) is 3.13. The first-order valence-corrected chi connectivity index (χ1v) is 9.19. The SMILES string of the molecule is CNC(=O)NC(=O)C(C)OC(=O)c1cc(S(=O)(=O)N2CCOCC2)c[nH]1. The lowest BCUT2D eigenvalue weighted by Gasteiger charge is -2.25. The molecular weight excluding hydrogens is 368 g/mol. The van der Waals surface area contributed by atoms with Crippen LogP contribution in [0.3, 0.4) is 0 Å². The third kappa shape index (κ3) is 4.59. The molecule has 0 spiro atoms. The molecule has 1 aliphatic rings. The Morgan fingerprint density at radius 1 is 1.31 bits per heavy atom. The number of rotatable bonds is 5. The van der Waals surface area contributed by atoms with Gasteiger partial charge in [0.05, 0.1) is 13.2 Å². The third-order valence-corrected chi connectivity index (χ3v) is 5.48. The van der Waals surface area contributed by atoms with E-state index in [0.717, 1.165) is 6.07 Å². The highest BCUT2D eigenvalue weighted by molar-refractivity contribution is 7.89. The van der Waals surface area contributed by atoms with E-state index in [0.29, 0.717) is 13.2 Å². The van der Waals surface area contributed by atoms with Crippen molar-refractivity contribution in [2.45, 2.75) is 17.9 Å². The van der Waals surface area contributed by atoms with E-state index in [4.69, 9.17) is 9.47 Å². The summed E-state index contributed by atoms with van der Waals surface area (Å²) in [5.74, 6) is -1.74. The smallest absolute Gasteiger partial charge is 0.355 e. The van der Waals surface area contributed by atoms with Crippen molar-refractivity contribution in [1.29, 1.82) is 0 Å². The van der Waals surface area contributed by atoms with Gasteiger partial charge in [-0.05, 0) is 13.0 Å². The number of carbonyl (C=O) groups excluding carboxylic acids is 3. The van der Waals surface area contributed by atoms with Gasteiger partial charge in [0, 0.05) is 26.3 Å². The van der Waals surface area contributed by atoms with Crippen LogP contribution >= 0.6 is 0 Å². The summed E-state index contributed by atoms with van der Waals surface area (Å²) in [7, 11) is -2.43. The molecule has 2 heterocycles. The highest BCUT2D eigenvalue weighted by atomic mass is 32.2. The quantitative estimate of drug-likeness (QED) is 0.550. The first-order valence-electron chi connectivity index (χ1n) is 7.75. The fourth-order valence-electron chi connectivity index (χ4n) is 2.13. The summed E-state index contributed by atoms with van der Waals surface area (Å²) in [6.45, 7) is 2.34. The first-order chi connectivity index (χ1) is 12.3. The summed E-state index contributed by atoms with van der Waals surface area (Å²) in [6, 6.07) is 0.396. The number of aromatic amines is 1. The predicted octanol–water partition coefficient (Wildman–Crippen LogP) is -0.963. The molecule has 1 atom stereocenters. The van der Waals surface area contributed by atoms with Crippen molar-refractivity contribution < 1.29 is 32.3 Å². The minimum atomic E-state index is -3.76. The summed E-state index contributed by atoms with van der Waals surface area (Å²) in [4.78, 5) is 37.3. The van der Waals surface area contributed by atoms with Crippen LogP contribution in [0.2, 0.25) is 0 Å². The van der Waals surface area contributed by atoms with Gasteiger partial charge in [0.25, 0.3) is 5.91 Å². The van der Waals surface area contributed by atoms with Crippen molar-refractivity contribution in [2.24, 2.45) is 0 Å². The number of imide groups is 1.